The lowest BCUT2D eigenvalue weighted by Gasteiger charge is -2.33. The van der Waals surface area contributed by atoms with Crippen LogP contribution in [-0.4, -0.2) is 6.04 Å². The van der Waals surface area contributed by atoms with E-state index >= 15 is 0 Å². The summed E-state index contributed by atoms with van der Waals surface area (Å²) < 4.78 is 0. The SMILES string of the molecule is CC(C)c1ccccc1NC1CC(C#N)C1. The van der Waals surface area contributed by atoms with Crippen molar-refractivity contribution in [3.8, 4) is 6.07 Å². The average molecular weight is 214 g/mol. The molecule has 1 saturated carbocycles. The zero-order valence-electron chi connectivity index (χ0n) is 9.90. The van der Waals surface area contributed by atoms with Crippen molar-refractivity contribution in [1.29, 1.82) is 5.26 Å². The fourth-order valence-corrected chi connectivity index (χ4v) is 2.19. The van der Waals surface area contributed by atoms with Crippen LogP contribution in [0.3, 0.4) is 0 Å². The maximum atomic E-state index is 8.73. The highest BCUT2D eigenvalue weighted by Gasteiger charge is 2.29. The first kappa shape index (κ1) is 11.0. The molecule has 1 N–H and O–H groups in total. The molecule has 1 aliphatic rings. The predicted octanol–water partition coefficient (Wildman–Crippen LogP) is 3.52. The maximum absolute atomic E-state index is 8.73. The van der Waals surface area contributed by atoms with Gasteiger partial charge in [-0.05, 0) is 30.4 Å². The highest BCUT2D eigenvalue weighted by molar-refractivity contribution is 5.53. The molecule has 0 saturated heterocycles. The standard InChI is InChI=1S/C14H18N2/c1-10(2)13-5-3-4-6-14(13)16-12-7-11(8-12)9-15/h3-6,10-12,16H,7-8H2,1-2H3. The predicted molar refractivity (Wildman–Crippen MR) is 66.3 cm³/mol. The molecule has 2 heteroatoms. The quantitative estimate of drug-likeness (QED) is 0.835. The molecule has 1 aromatic carbocycles. The van der Waals surface area contributed by atoms with Crippen molar-refractivity contribution in [2.24, 2.45) is 5.92 Å². The van der Waals surface area contributed by atoms with Crippen molar-refractivity contribution in [2.75, 3.05) is 5.32 Å². The normalized spacial score (nSPS) is 23.6. The fourth-order valence-electron chi connectivity index (χ4n) is 2.19. The molecule has 0 bridgehead atoms. The third kappa shape index (κ3) is 2.19. The number of rotatable bonds is 3. The van der Waals surface area contributed by atoms with Gasteiger partial charge in [0.1, 0.15) is 0 Å². The molecule has 1 aliphatic carbocycles. The van der Waals surface area contributed by atoms with E-state index < -0.39 is 0 Å². The van der Waals surface area contributed by atoms with Crippen LogP contribution in [0.25, 0.3) is 0 Å². The topological polar surface area (TPSA) is 35.8 Å². The van der Waals surface area contributed by atoms with E-state index in [1.807, 2.05) is 0 Å². The Labute approximate surface area is 97.3 Å². The summed E-state index contributed by atoms with van der Waals surface area (Å²) >= 11 is 0. The summed E-state index contributed by atoms with van der Waals surface area (Å²) in [4.78, 5) is 0. The number of nitriles is 1. The molecule has 1 fully saturated rings. The van der Waals surface area contributed by atoms with E-state index in [-0.39, 0.29) is 5.92 Å². The Morgan fingerprint density at radius 2 is 2.00 bits per heavy atom. The van der Waals surface area contributed by atoms with Crippen molar-refractivity contribution in [2.45, 2.75) is 38.6 Å². The monoisotopic (exact) mass is 214 g/mol. The summed E-state index contributed by atoms with van der Waals surface area (Å²) in [6.07, 6.45) is 1.98. The summed E-state index contributed by atoms with van der Waals surface area (Å²) in [7, 11) is 0. The molecule has 0 atom stereocenters. The molecule has 0 heterocycles. The lowest BCUT2D eigenvalue weighted by Crippen LogP contribution is -2.34. The Balaban J connectivity index is 2.03. The van der Waals surface area contributed by atoms with Crippen LogP contribution in [0.5, 0.6) is 0 Å². The molecule has 0 aromatic heterocycles. The molecule has 0 aliphatic heterocycles. The van der Waals surface area contributed by atoms with Crippen molar-refractivity contribution < 1.29 is 0 Å². The van der Waals surface area contributed by atoms with Crippen molar-refractivity contribution in [3.05, 3.63) is 29.8 Å². The number of hydrogen-bond donors (Lipinski definition) is 1. The van der Waals surface area contributed by atoms with Gasteiger partial charge in [0.05, 0.1) is 12.0 Å². The van der Waals surface area contributed by atoms with E-state index in [1.165, 1.54) is 11.3 Å². The summed E-state index contributed by atoms with van der Waals surface area (Å²) in [5.41, 5.74) is 2.60. The molecule has 0 amide bonds. The molecule has 2 nitrogen and oxygen atoms in total. The molecule has 0 radical (unpaired) electrons. The van der Waals surface area contributed by atoms with Gasteiger partial charge in [-0.2, -0.15) is 5.26 Å². The van der Waals surface area contributed by atoms with Crippen LogP contribution in [0, 0.1) is 17.2 Å². The minimum atomic E-state index is 0.267. The van der Waals surface area contributed by atoms with Gasteiger partial charge in [-0.1, -0.05) is 32.0 Å². The minimum Gasteiger partial charge on any atom is -0.382 e. The van der Waals surface area contributed by atoms with E-state index in [0.29, 0.717) is 12.0 Å². The van der Waals surface area contributed by atoms with Gasteiger partial charge in [0.15, 0.2) is 0 Å². The second-order valence-corrected chi connectivity index (χ2v) is 4.88. The van der Waals surface area contributed by atoms with Gasteiger partial charge in [0.25, 0.3) is 0 Å². The van der Waals surface area contributed by atoms with Crippen LogP contribution in [0.15, 0.2) is 24.3 Å². The maximum Gasteiger partial charge on any atom is 0.0657 e. The molecular weight excluding hydrogens is 196 g/mol. The molecule has 84 valence electrons. The number of nitrogens with zero attached hydrogens (tertiary/aromatic N) is 1. The van der Waals surface area contributed by atoms with Crippen LogP contribution >= 0.6 is 0 Å². The zero-order valence-corrected chi connectivity index (χ0v) is 9.90. The van der Waals surface area contributed by atoms with Gasteiger partial charge >= 0.3 is 0 Å². The van der Waals surface area contributed by atoms with E-state index in [4.69, 9.17) is 5.26 Å². The summed E-state index contributed by atoms with van der Waals surface area (Å²) in [6.45, 7) is 4.42. The van der Waals surface area contributed by atoms with Gasteiger partial charge in [0.2, 0.25) is 0 Å². The molecular formula is C14H18N2. The number of benzene rings is 1. The van der Waals surface area contributed by atoms with Crippen molar-refractivity contribution in [1.82, 2.24) is 0 Å². The highest BCUT2D eigenvalue weighted by Crippen LogP contribution is 2.32. The van der Waals surface area contributed by atoms with E-state index in [1.54, 1.807) is 0 Å². The van der Waals surface area contributed by atoms with Crippen LogP contribution in [-0.2, 0) is 0 Å². The summed E-state index contributed by atoms with van der Waals surface area (Å²) in [6, 6.07) is 11.3. The average Bonchev–Trinajstić information content (AvgIpc) is 2.23. The van der Waals surface area contributed by atoms with E-state index in [9.17, 15) is 0 Å². The lowest BCUT2D eigenvalue weighted by atomic mass is 9.81. The lowest BCUT2D eigenvalue weighted by molar-refractivity contribution is 0.353. The third-order valence-electron chi connectivity index (χ3n) is 3.26. The second kappa shape index (κ2) is 4.57. The zero-order chi connectivity index (χ0) is 11.5. The van der Waals surface area contributed by atoms with Crippen molar-refractivity contribution >= 4 is 5.69 Å². The first-order chi connectivity index (χ1) is 7.70. The van der Waals surface area contributed by atoms with Crippen LogP contribution in [0.1, 0.15) is 38.2 Å². The third-order valence-corrected chi connectivity index (χ3v) is 3.26. The molecule has 16 heavy (non-hydrogen) atoms. The fraction of sp³-hybridized carbons (Fsp3) is 0.500. The smallest absolute Gasteiger partial charge is 0.0657 e. The minimum absolute atomic E-state index is 0.267. The van der Waals surface area contributed by atoms with E-state index in [0.717, 1.165) is 12.8 Å². The number of nitrogens with one attached hydrogen (secondary N) is 1. The number of hydrogen-bond acceptors (Lipinski definition) is 2. The van der Waals surface area contributed by atoms with Gasteiger partial charge in [0, 0.05) is 11.7 Å². The summed E-state index contributed by atoms with van der Waals surface area (Å²) in [5.74, 6) is 0.805. The largest absolute Gasteiger partial charge is 0.382 e. The number of para-hydroxylation sites is 1. The van der Waals surface area contributed by atoms with Gasteiger partial charge in [-0.3, -0.25) is 0 Å². The highest BCUT2D eigenvalue weighted by atomic mass is 14.9. The Morgan fingerprint density at radius 3 is 2.62 bits per heavy atom. The molecule has 2 rings (SSSR count). The van der Waals surface area contributed by atoms with Crippen LogP contribution in [0.4, 0.5) is 5.69 Å². The first-order valence-corrected chi connectivity index (χ1v) is 5.95. The second-order valence-electron chi connectivity index (χ2n) is 4.88. The van der Waals surface area contributed by atoms with Crippen LogP contribution in [0.2, 0.25) is 0 Å². The molecule has 0 unspecified atom stereocenters. The Kier molecular flexibility index (Phi) is 3.14. The molecule has 0 spiro atoms. The Morgan fingerprint density at radius 1 is 1.31 bits per heavy atom. The Hall–Kier alpha value is -1.49. The van der Waals surface area contributed by atoms with Crippen LogP contribution < -0.4 is 5.32 Å². The number of anilines is 1. The first-order valence-electron chi connectivity index (χ1n) is 5.95. The summed E-state index contributed by atoms with van der Waals surface area (Å²) in [5, 5.41) is 12.3. The Bertz CT molecular complexity index is 397. The van der Waals surface area contributed by atoms with Gasteiger partial charge in [-0.25, -0.2) is 0 Å². The van der Waals surface area contributed by atoms with E-state index in [2.05, 4.69) is 49.5 Å². The molecule has 1 aromatic rings. The van der Waals surface area contributed by atoms with Gasteiger partial charge in [-0.15, -0.1) is 0 Å². The van der Waals surface area contributed by atoms with Crippen molar-refractivity contribution in [3.63, 3.8) is 0 Å². The van der Waals surface area contributed by atoms with Gasteiger partial charge < -0.3 is 5.32 Å².